The fourth-order valence-corrected chi connectivity index (χ4v) is 2.73. The molecule has 0 radical (unpaired) electrons. The summed E-state index contributed by atoms with van der Waals surface area (Å²) in [6.45, 7) is 1.53. The maximum absolute atomic E-state index is 12.9. The van der Waals surface area contributed by atoms with Gasteiger partial charge >= 0.3 is 6.18 Å². The summed E-state index contributed by atoms with van der Waals surface area (Å²) in [5.41, 5.74) is 0.180. The van der Waals surface area contributed by atoms with Crippen molar-refractivity contribution in [2.75, 3.05) is 0 Å². The van der Waals surface area contributed by atoms with Gasteiger partial charge in [0, 0.05) is 0 Å². The first-order chi connectivity index (χ1) is 8.95. The molecule has 19 heavy (non-hydrogen) atoms. The molecule has 0 saturated heterocycles. The largest absolute Gasteiger partial charge is 0.433 e. The highest BCUT2D eigenvalue weighted by Gasteiger charge is 2.36. The first-order valence-corrected chi connectivity index (χ1v) is 6.26. The van der Waals surface area contributed by atoms with Gasteiger partial charge in [-0.25, -0.2) is 9.67 Å². The van der Waals surface area contributed by atoms with Crippen molar-refractivity contribution in [1.82, 2.24) is 14.8 Å². The lowest BCUT2D eigenvalue weighted by molar-refractivity contribution is -0.142. The molecular formula is C12H8F3N3S. The van der Waals surface area contributed by atoms with Gasteiger partial charge in [-0.05, 0) is 25.1 Å². The molecule has 0 aliphatic rings. The van der Waals surface area contributed by atoms with Crippen LogP contribution in [0.5, 0.6) is 0 Å². The standard InChI is InChI=1S/C12H8F3N3S/c1-7-6-10(12(13,14)15)18(17-7)11-16-8-4-2-3-5-9(8)19-11/h2-6H,1H3. The molecule has 3 aromatic rings. The molecule has 0 fully saturated rings. The van der Waals surface area contributed by atoms with Crippen molar-refractivity contribution in [3.8, 4) is 5.13 Å². The minimum atomic E-state index is -4.45. The summed E-state index contributed by atoms with van der Waals surface area (Å²) in [5, 5.41) is 4.11. The van der Waals surface area contributed by atoms with Gasteiger partial charge in [0.25, 0.3) is 0 Å². The fraction of sp³-hybridized carbons (Fsp3) is 0.167. The highest BCUT2D eigenvalue weighted by molar-refractivity contribution is 7.20. The van der Waals surface area contributed by atoms with Crippen molar-refractivity contribution < 1.29 is 13.2 Å². The van der Waals surface area contributed by atoms with E-state index in [9.17, 15) is 13.2 Å². The average Bonchev–Trinajstić information content (AvgIpc) is 2.90. The molecule has 0 bridgehead atoms. The van der Waals surface area contributed by atoms with Crippen LogP contribution < -0.4 is 0 Å². The molecule has 0 unspecified atom stereocenters. The number of fused-ring (bicyclic) bond motifs is 1. The van der Waals surface area contributed by atoms with Crippen molar-refractivity contribution in [2.24, 2.45) is 0 Å². The first-order valence-electron chi connectivity index (χ1n) is 5.45. The van der Waals surface area contributed by atoms with Gasteiger partial charge in [-0.15, -0.1) is 0 Å². The Morgan fingerprint density at radius 2 is 1.95 bits per heavy atom. The number of nitrogens with zero attached hydrogens (tertiary/aromatic N) is 3. The summed E-state index contributed by atoms with van der Waals surface area (Å²) in [7, 11) is 0. The van der Waals surface area contributed by atoms with Crippen LogP contribution in [0.3, 0.4) is 0 Å². The smallest absolute Gasteiger partial charge is 0.218 e. The first kappa shape index (κ1) is 12.2. The van der Waals surface area contributed by atoms with Crippen molar-refractivity contribution in [1.29, 1.82) is 0 Å². The van der Waals surface area contributed by atoms with Crippen molar-refractivity contribution in [2.45, 2.75) is 13.1 Å². The molecule has 0 spiro atoms. The topological polar surface area (TPSA) is 30.7 Å². The quantitative estimate of drug-likeness (QED) is 0.680. The van der Waals surface area contributed by atoms with Crippen LogP contribution in [-0.4, -0.2) is 14.8 Å². The van der Waals surface area contributed by atoms with Gasteiger partial charge in [0.1, 0.15) is 0 Å². The molecule has 0 aliphatic heterocycles. The number of benzene rings is 1. The predicted octanol–water partition coefficient (Wildman–Crippen LogP) is 3.81. The summed E-state index contributed by atoms with van der Waals surface area (Å²) >= 11 is 1.18. The Bertz CT molecular complexity index is 709. The molecule has 2 heterocycles. The molecule has 7 heteroatoms. The van der Waals surface area contributed by atoms with E-state index in [1.807, 2.05) is 12.1 Å². The number of alkyl halides is 3. The second-order valence-corrected chi connectivity index (χ2v) is 5.05. The van der Waals surface area contributed by atoms with E-state index in [1.165, 1.54) is 18.3 Å². The Kier molecular flexibility index (Phi) is 2.60. The van der Waals surface area contributed by atoms with Crippen LogP contribution in [0.15, 0.2) is 30.3 Å². The number of halogens is 3. The Morgan fingerprint density at radius 1 is 1.21 bits per heavy atom. The molecular weight excluding hydrogens is 275 g/mol. The third kappa shape index (κ3) is 2.10. The van der Waals surface area contributed by atoms with Crippen LogP contribution in [0.1, 0.15) is 11.4 Å². The molecule has 0 aliphatic carbocycles. The molecule has 98 valence electrons. The van der Waals surface area contributed by atoms with Crippen molar-refractivity contribution in [3.05, 3.63) is 41.7 Å². The second-order valence-electron chi connectivity index (χ2n) is 4.04. The molecule has 3 nitrogen and oxygen atoms in total. The Hall–Kier alpha value is -1.89. The van der Waals surface area contributed by atoms with E-state index in [2.05, 4.69) is 10.1 Å². The molecule has 0 N–H and O–H groups in total. The summed E-state index contributed by atoms with van der Waals surface area (Å²) in [6, 6.07) is 8.22. The fourth-order valence-electron chi connectivity index (χ4n) is 1.80. The summed E-state index contributed by atoms with van der Waals surface area (Å²) in [4.78, 5) is 4.19. The van der Waals surface area contributed by atoms with Crippen LogP contribution in [0.4, 0.5) is 13.2 Å². The van der Waals surface area contributed by atoms with Crippen LogP contribution in [0.2, 0.25) is 0 Å². The Labute approximate surface area is 110 Å². The minimum Gasteiger partial charge on any atom is -0.218 e. The van der Waals surface area contributed by atoms with Gasteiger partial charge in [-0.3, -0.25) is 0 Å². The maximum Gasteiger partial charge on any atom is 0.433 e. The van der Waals surface area contributed by atoms with Gasteiger partial charge in [-0.1, -0.05) is 23.5 Å². The number of aromatic nitrogens is 3. The zero-order chi connectivity index (χ0) is 13.6. The lowest BCUT2D eigenvalue weighted by Crippen LogP contribution is -2.12. The highest BCUT2D eigenvalue weighted by atomic mass is 32.1. The number of hydrogen-bond acceptors (Lipinski definition) is 3. The zero-order valence-corrected chi connectivity index (χ0v) is 10.6. The van der Waals surface area contributed by atoms with Gasteiger partial charge in [0.05, 0.1) is 15.9 Å². The molecule has 1 aromatic carbocycles. The number of aryl methyl sites for hydroxylation is 1. The van der Waals surface area contributed by atoms with E-state index in [0.29, 0.717) is 11.2 Å². The number of rotatable bonds is 1. The van der Waals surface area contributed by atoms with Crippen molar-refractivity contribution >= 4 is 21.6 Å². The maximum atomic E-state index is 12.9. The Morgan fingerprint density at radius 3 is 2.63 bits per heavy atom. The number of thiazole rings is 1. The molecule has 0 saturated carbocycles. The second kappa shape index (κ2) is 4.06. The minimum absolute atomic E-state index is 0.224. The van der Waals surface area contributed by atoms with E-state index in [4.69, 9.17) is 0 Å². The molecule has 3 rings (SSSR count). The van der Waals surface area contributed by atoms with Crippen LogP contribution in [0.25, 0.3) is 15.3 Å². The third-order valence-corrected chi connectivity index (χ3v) is 3.60. The monoisotopic (exact) mass is 283 g/mol. The highest BCUT2D eigenvalue weighted by Crippen LogP contribution is 2.33. The average molecular weight is 283 g/mol. The SMILES string of the molecule is Cc1cc(C(F)(F)F)n(-c2nc3ccccc3s2)n1. The molecule has 0 atom stereocenters. The predicted molar refractivity (Wildman–Crippen MR) is 66.5 cm³/mol. The van der Waals surface area contributed by atoms with Gasteiger partial charge < -0.3 is 0 Å². The van der Waals surface area contributed by atoms with Crippen molar-refractivity contribution in [3.63, 3.8) is 0 Å². The van der Waals surface area contributed by atoms with E-state index in [1.54, 1.807) is 12.1 Å². The van der Waals surface area contributed by atoms with E-state index in [0.717, 1.165) is 15.4 Å². The van der Waals surface area contributed by atoms with Gasteiger partial charge in [0.15, 0.2) is 5.69 Å². The summed E-state index contributed by atoms with van der Waals surface area (Å²) in [6.07, 6.45) is -4.45. The lowest BCUT2D eigenvalue weighted by atomic mass is 10.3. The Balaban J connectivity index is 2.21. The van der Waals surface area contributed by atoms with E-state index in [-0.39, 0.29) is 5.13 Å². The summed E-state index contributed by atoms with van der Waals surface area (Å²) in [5.74, 6) is 0. The van der Waals surface area contributed by atoms with Crippen LogP contribution >= 0.6 is 11.3 Å². The van der Waals surface area contributed by atoms with Gasteiger partial charge in [-0.2, -0.15) is 18.3 Å². The lowest BCUT2D eigenvalue weighted by Gasteiger charge is -2.06. The molecule has 2 aromatic heterocycles. The number of para-hydroxylation sites is 1. The zero-order valence-electron chi connectivity index (χ0n) is 9.77. The third-order valence-electron chi connectivity index (χ3n) is 2.59. The normalized spacial score (nSPS) is 12.2. The van der Waals surface area contributed by atoms with E-state index < -0.39 is 11.9 Å². The van der Waals surface area contributed by atoms with Gasteiger partial charge in [0.2, 0.25) is 5.13 Å². The van der Waals surface area contributed by atoms with Crippen LogP contribution in [-0.2, 0) is 6.18 Å². The van der Waals surface area contributed by atoms with Crippen LogP contribution in [0, 0.1) is 6.92 Å². The summed E-state index contributed by atoms with van der Waals surface area (Å²) < 4.78 is 40.4. The number of hydrogen-bond donors (Lipinski definition) is 0. The molecule has 0 amide bonds. The van der Waals surface area contributed by atoms with E-state index >= 15 is 0 Å².